The van der Waals surface area contributed by atoms with E-state index in [1.165, 1.54) is 13.8 Å². The lowest BCUT2D eigenvalue weighted by molar-refractivity contribution is -0.274. The maximum atomic E-state index is 13.1. The fourth-order valence-corrected chi connectivity index (χ4v) is 8.32. The lowest BCUT2D eigenvalue weighted by Crippen LogP contribution is -2.72. The predicted octanol–water partition coefficient (Wildman–Crippen LogP) is 3.74. The molecule has 0 amide bonds. The molecule has 7 heteroatoms. The first kappa shape index (κ1) is 26.3. The van der Waals surface area contributed by atoms with Crippen LogP contribution in [0, 0.1) is 34.5 Å². The van der Waals surface area contributed by atoms with Gasteiger partial charge in [-0.1, -0.05) is 39.3 Å². The van der Waals surface area contributed by atoms with Gasteiger partial charge in [0.1, 0.15) is 18.0 Å². The van der Waals surface area contributed by atoms with Gasteiger partial charge in [0.25, 0.3) is 0 Å². The van der Waals surface area contributed by atoms with E-state index in [4.69, 9.17) is 9.47 Å². The fourth-order valence-electron chi connectivity index (χ4n) is 8.32. The molecule has 4 aliphatic rings. The molecule has 0 saturated heterocycles. The van der Waals surface area contributed by atoms with Crippen molar-refractivity contribution in [2.45, 2.75) is 110 Å². The summed E-state index contributed by atoms with van der Waals surface area (Å²) in [6.45, 7) is 10.7. The van der Waals surface area contributed by atoms with E-state index in [-0.39, 0.29) is 30.0 Å². The number of allylic oxidation sites excluding steroid dienone is 1. The highest BCUT2D eigenvalue weighted by Gasteiger charge is 2.75. The second-order valence-electron chi connectivity index (χ2n) is 12.4. The van der Waals surface area contributed by atoms with Crippen molar-refractivity contribution in [1.29, 1.82) is 0 Å². The molecule has 9 atom stereocenters. The Balaban J connectivity index is 1.90. The largest absolute Gasteiger partial charge is 0.458 e. The number of esters is 2. The van der Waals surface area contributed by atoms with Crippen molar-refractivity contribution in [1.82, 2.24) is 0 Å². The van der Waals surface area contributed by atoms with E-state index >= 15 is 0 Å². The molecule has 0 aromatic carbocycles. The van der Waals surface area contributed by atoms with E-state index in [9.17, 15) is 24.6 Å². The molecule has 0 aliphatic heterocycles. The number of hydrogen-bond acceptors (Lipinski definition) is 7. The normalized spacial score (nSPS) is 44.5. The summed E-state index contributed by atoms with van der Waals surface area (Å²) in [6, 6.07) is 0. The van der Waals surface area contributed by atoms with Gasteiger partial charge in [-0.25, -0.2) is 0 Å². The minimum absolute atomic E-state index is 0.0487. The Morgan fingerprint density at radius 1 is 1.11 bits per heavy atom. The van der Waals surface area contributed by atoms with E-state index < -0.39 is 52.6 Å². The highest BCUT2D eigenvalue weighted by atomic mass is 16.6. The Hall–Kier alpha value is -1.73. The Labute approximate surface area is 208 Å². The molecular formula is C28H42O7. The number of fused-ring (bicyclic) bond motifs is 5. The second-order valence-corrected chi connectivity index (χ2v) is 12.4. The zero-order chi connectivity index (χ0) is 25.9. The van der Waals surface area contributed by atoms with E-state index in [1.807, 2.05) is 20.8 Å². The third-order valence-electron chi connectivity index (χ3n) is 9.93. The smallest absolute Gasteiger partial charge is 0.306 e. The average molecular weight is 491 g/mol. The third-order valence-corrected chi connectivity index (χ3v) is 9.93. The predicted molar refractivity (Wildman–Crippen MR) is 129 cm³/mol. The number of rotatable bonds is 5. The zero-order valence-corrected chi connectivity index (χ0v) is 22.0. The van der Waals surface area contributed by atoms with Gasteiger partial charge in [0.15, 0.2) is 0 Å². The van der Waals surface area contributed by atoms with Gasteiger partial charge >= 0.3 is 11.9 Å². The Bertz CT molecular complexity index is 924. The van der Waals surface area contributed by atoms with E-state index in [1.54, 1.807) is 0 Å². The van der Waals surface area contributed by atoms with Gasteiger partial charge in [-0.05, 0) is 62.7 Å². The molecule has 0 heterocycles. The lowest BCUT2D eigenvalue weighted by Gasteiger charge is -2.64. The van der Waals surface area contributed by atoms with Gasteiger partial charge in [0.05, 0.1) is 11.7 Å². The molecule has 4 rings (SSSR count). The third kappa shape index (κ3) is 3.97. The van der Waals surface area contributed by atoms with Gasteiger partial charge < -0.3 is 19.7 Å². The first-order chi connectivity index (χ1) is 16.3. The van der Waals surface area contributed by atoms with Crippen LogP contribution in [0.1, 0.15) is 86.5 Å². The summed E-state index contributed by atoms with van der Waals surface area (Å²) in [4.78, 5) is 38.4. The summed E-state index contributed by atoms with van der Waals surface area (Å²) in [6.07, 6.45) is 3.57. The van der Waals surface area contributed by atoms with Crippen LogP contribution in [0.2, 0.25) is 0 Å². The Morgan fingerprint density at radius 2 is 1.80 bits per heavy atom. The summed E-state index contributed by atoms with van der Waals surface area (Å²) < 4.78 is 12.2. The highest BCUT2D eigenvalue weighted by molar-refractivity contribution is 5.80. The van der Waals surface area contributed by atoms with Gasteiger partial charge in [-0.2, -0.15) is 0 Å². The first-order valence-electron chi connectivity index (χ1n) is 13.2. The molecule has 0 aromatic rings. The van der Waals surface area contributed by atoms with Gasteiger partial charge in [-0.15, -0.1) is 0 Å². The molecule has 0 spiro atoms. The molecule has 7 nitrogen and oxygen atoms in total. The number of carbonyl (C=O) groups excluding carboxylic acids is 3. The summed E-state index contributed by atoms with van der Waals surface area (Å²) >= 11 is 0. The van der Waals surface area contributed by atoms with Gasteiger partial charge in [-0.3, -0.25) is 14.4 Å². The maximum absolute atomic E-state index is 13.1. The van der Waals surface area contributed by atoms with Crippen LogP contribution in [-0.4, -0.2) is 51.8 Å². The van der Waals surface area contributed by atoms with Crippen molar-refractivity contribution in [2.75, 3.05) is 0 Å². The molecule has 3 saturated carbocycles. The van der Waals surface area contributed by atoms with Crippen LogP contribution >= 0.6 is 0 Å². The maximum Gasteiger partial charge on any atom is 0.306 e. The van der Waals surface area contributed by atoms with Crippen molar-refractivity contribution in [3.8, 4) is 0 Å². The van der Waals surface area contributed by atoms with Crippen LogP contribution in [0.3, 0.4) is 0 Å². The van der Waals surface area contributed by atoms with Crippen molar-refractivity contribution in [2.24, 2.45) is 34.5 Å². The van der Waals surface area contributed by atoms with Crippen molar-refractivity contribution in [3.05, 3.63) is 11.6 Å². The van der Waals surface area contributed by atoms with Gasteiger partial charge in [0.2, 0.25) is 0 Å². The Morgan fingerprint density at radius 3 is 2.40 bits per heavy atom. The number of aliphatic hydroxyl groups excluding tert-OH is 1. The minimum atomic E-state index is -1.26. The van der Waals surface area contributed by atoms with Gasteiger partial charge in [0, 0.05) is 30.6 Å². The number of hydrogen-bond donors (Lipinski definition) is 2. The van der Waals surface area contributed by atoms with Crippen LogP contribution in [0.15, 0.2) is 11.6 Å². The molecule has 3 fully saturated rings. The van der Waals surface area contributed by atoms with Crippen molar-refractivity contribution < 1.29 is 34.1 Å². The van der Waals surface area contributed by atoms with Crippen molar-refractivity contribution in [3.63, 3.8) is 0 Å². The Kier molecular flexibility index (Phi) is 6.76. The number of carbonyl (C=O) groups is 3. The second kappa shape index (κ2) is 8.98. The summed E-state index contributed by atoms with van der Waals surface area (Å²) in [5, 5.41) is 22.9. The summed E-state index contributed by atoms with van der Waals surface area (Å²) in [5.41, 5.74) is -1.64. The molecule has 196 valence electrons. The number of ether oxygens (including phenoxy) is 2. The van der Waals surface area contributed by atoms with E-state index in [0.29, 0.717) is 38.5 Å². The fraction of sp³-hybridized carbons (Fsp3) is 0.821. The van der Waals surface area contributed by atoms with Crippen LogP contribution in [0.5, 0.6) is 0 Å². The molecule has 0 radical (unpaired) electrons. The van der Waals surface area contributed by atoms with E-state index in [0.717, 1.165) is 5.57 Å². The number of ketones is 1. The van der Waals surface area contributed by atoms with E-state index in [2.05, 4.69) is 13.0 Å². The molecule has 0 unspecified atom stereocenters. The molecule has 4 aliphatic carbocycles. The molecule has 35 heavy (non-hydrogen) atoms. The summed E-state index contributed by atoms with van der Waals surface area (Å²) in [5.74, 6) is -1.91. The standard InChI is InChI=1S/C28H42O7/c1-15(2)13-22(32)35-25-24(34-17(4)30)23-21(8-7-18-14-19(31)9-11-26(18,23)5)28(33)12-10-20(16(3)29)27(25,28)6/h7,15,19-21,23-25,31,33H,8-14H2,1-6H3/t19-,20-,21+,23+,24-,25+,26-,27-,28-/m0/s1. The summed E-state index contributed by atoms with van der Waals surface area (Å²) in [7, 11) is 0. The van der Waals surface area contributed by atoms with Crippen LogP contribution in [0.25, 0.3) is 0 Å². The molecule has 0 bridgehead atoms. The topological polar surface area (TPSA) is 110 Å². The SMILES string of the molecule is CC(=O)O[C@H]1[C@H]2[C@@H](CC=C3C[C@@H](O)CC[C@@]32C)[C@@]2(O)CC[C@@H](C(C)=O)[C@@]2(C)[C@@H]1OC(=O)CC(C)C. The lowest BCUT2D eigenvalue weighted by atomic mass is 9.44. The molecular weight excluding hydrogens is 448 g/mol. The molecule has 2 N–H and O–H groups in total. The number of Topliss-reactive ketones (excluding diaryl/α,β-unsaturated/α-hetero) is 1. The van der Waals surface area contributed by atoms with Crippen LogP contribution < -0.4 is 0 Å². The van der Waals surface area contributed by atoms with Crippen LogP contribution in [-0.2, 0) is 23.9 Å². The quantitative estimate of drug-likeness (QED) is 0.446. The number of aliphatic hydroxyl groups is 2. The monoisotopic (exact) mass is 490 g/mol. The zero-order valence-electron chi connectivity index (χ0n) is 22.0. The minimum Gasteiger partial charge on any atom is -0.458 e. The molecule has 0 aromatic heterocycles. The first-order valence-corrected chi connectivity index (χ1v) is 13.2. The highest BCUT2D eigenvalue weighted by Crippen LogP contribution is 2.69. The average Bonchev–Trinajstić information content (AvgIpc) is 3.02. The van der Waals surface area contributed by atoms with Crippen LogP contribution in [0.4, 0.5) is 0 Å². The van der Waals surface area contributed by atoms with Crippen molar-refractivity contribution >= 4 is 17.7 Å².